The van der Waals surface area contributed by atoms with Crippen LogP contribution in [0.4, 0.5) is 11.4 Å². The average molecular weight is 459 g/mol. The van der Waals surface area contributed by atoms with Gasteiger partial charge in [-0.3, -0.25) is 19.4 Å². The van der Waals surface area contributed by atoms with Crippen molar-refractivity contribution < 1.29 is 14.3 Å². The van der Waals surface area contributed by atoms with E-state index in [0.29, 0.717) is 36.1 Å². The SMILES string of the molecule is COc1ccc(Cl)cc1NC(=O)C(C)N1CCN(CC(=O)Nc2cccc(C)c2C)CC1. The molecule has 0 bridgehead atoms. The third-order valence-corrected chi connectivity index (χ3v) is 6.23. The van der Waals surface area contributed by atoms with Crippen LogP contribution in [0.5, 0.6) is 5.75 Å². The van der Waals surface area contributed by atoms with Gasteiger partial charge in [-0.1, -0.05) is 23.7 Å². The second kappa shape index (κ2) is 10.8. The van der Waals surface area contributed by atoms with Crippen LogP contribution >= 0.6 is 11.6 Å². The van der Waals surface area contributed by atoms with Crippen molar-refractivity contribution in [2.75, 3.05) is 50.5 Å². The predicted molar refractivity (Wildman–Crippen MR) is 129 cm³/mol. The Labute approximate surface area is 194 Å². The number of rotatable bonds is 7. The largest absolute Gasteiger partial charge is 0.495 e. The number of carbonyl (C=O) groups excluding carboxylic acids is 2. The number of carbonyl (C=O) groups is 2. The van der Waals surface area contributed by atoms with E-state index in [1.54, 1.807) is 25.3 Å². The lowest BCUT2D eigenvalue weighted by atomic mass is 10.1. The normalized spacial score (nSPS) is 15.8. The van der Waals surface area contributed by atoms with E-state index in [1.807, 2.05) is 39.0 Å². The van der Waals surface area contributed by atoms with E-state index in [0.717, 1.165) is 29.9 Å². The van der Waals surface area contributed by atoms with E-state index in [4.69, 9.17) is 16.3 Å². The smallest absolute Gasteiger partial charge is 0.241 e. The summed E-state index contributed by atoms with van der Waals surface area (Å²) in [5.41, 5.74) is 3.65. The van der Waals surface area contributed by atoms with Gasteiger partial charge in [0.15, 0.2) is 0 Å². The zero-order valence-corrected chi connectivity index (χ0v) is 19.8. The van der Waals surface area contributed by atoms with Crippen molar-refractivity contribution in [1.82, 2.24) is 9.80 Å². The van der Waals surface area contributed by atoms with E-state index < -0.39 is 0 Å². The Bertz CT molecular complexity index is 974. The first-order valence-electron chi connectivity index (χ1n) is 10.8. The highest BCUT2D eigenvalue weighted by Gasteiger charge is 2.27. The summed E-state index contributed by atoms with van der Waals surface area (Å²) in [4.78, 5) is 29.5. The second-order valence-electron chi connectivity index (χ2n) is 8.12. The monoisotopic (exact) mass is 458 g/mol. The zero-order chi connectivity index (χ0) is 23.3. The summed E-state index contributed by atoms with van der Waals surface area (Å²) >= 11 is 6.05. The molecule has 2 aromatic carbocycles. The molecule has 7 nitrogen and oxygen atoms in total. The number of nitrogens with zero attached hydrogens (tertiary/aromatic N) is 2. The number of aryl methyl sites for hydroxylation is 1. The van der Waals surface area contributed by atoms with Crippen molar-refractivity contribution in [2.45, 2.75) is 26.8 Å². The molecule has 0 spiro atoms. The molecule has 2 amide bonds. The van der Waals surface area contributed by atoms with Gasteiger partial charge in [0.2, 0.25) is 11.8 Å². The minimum atomic E-state index is -0.315. The van der Waals surface area contributed by atoms with E-state index >= 15 is 0 Å². The highest BCUT2D eigenvalue weighted by atomic mass is 35.5. The molecule has 2 aromatic rings. The van der Waals surface area contributed by atoms with Gasteiger partial charge in [0, 0.05) is 36.9 Å². The lowest BCUT2D eigenvalue weighted by Crippen LogP contribution is -2.53. The van der Waals surface area contributed by atoms with Gasteiger partial charge in [-0.25, -0.2) is 0 Å². The van der Waals surface area contributed by atoms with Crippen LogP contribution in [0.1, 0.15) is 18.1 Å². The van der Waals surface area contributed by atoms with Crippen molar-refractivity contribution in [3.05, 3.63) is 52.5 Å². The van der Waals surface area contributed by atoms with Gasteiger partial charge in [0.1, 0.15) is 5.75 Å². The predicted octanol–water partition coefficient (Wildman–Crippen LogP) is 3.55. The van der Waals surface area contributed by atoms with Crippen molar-refractivity contribution in [2.24, 2.45) is 0 Å². The van der Waals surface area contributed by atoms with E-state index in [2.05, 4.69) is 20.4 Å². The Hall–Kier alpha value is -2.61. The molecule has 0 saturated carbocycles. The molecule has 1 atom stereocenters. The van der Waals surface area contributed by atoms with Gasteiger partial charge < -0.3 is 15.4 Å². The van der Waals surface area contributed by atoms with Gasteiger partial charge in [-0.2, -0.15) is 0 Å². The maximum atomic E-state index is 12.8. The summed E-state index contributed by atoms with van der Waals surface area (Å²) in [5.74, 6) is 0.423. The lowest BCUT2D eigenvalue weighted by molar-refractivity contribution is -0.122. The molecule has 8 heteroatoms. The van der Waals surface area contributed by atoms with Crippen LogP contribution in [0.15, 0.2) is 36.4 Å². The zero-order valence-electron chi connectivity index (χ0n) is 19.1. The number of hydrogen-bond acceptors (Lipinski definition) is 5. The van der Waals surface area contributed by atoms with E-state index in [1.165, 1.54) is 0 Å². The Morgan fingerprint density at radius 2 is 1.78 bits per heavy atom. The Kier molecular flexibility index (Phi) is 8.12. The van der Waals surface area contributed by atoms with Crippen molar-refractivity contribution in [1.29, 1.82) is 0 Å². The Morgan fingerprint density at radius 3 is 2.47 bits per heavy atom. The molecule has 1 unspecified atom stereocenters. The number of ether oxygens (including phenoxy) is 1. The molecule has 0 aliphatic carbocycles. The molecule has 1 heterocycles. The maximum Gasteiger partial charge on any atom is 0.241 e. The Morgan fingerprint density at radius 1 is 1.06 bits per heavy atom. The third-order valence-electron chi connectivity index (χ3n) is 6.00. The van der Waals surface area contributed by atoms with Gasteiger partial charge in [-0.05, 0) is 56.2 Å². The number of anilines is 2. The molecular weight excluding hydrogens is 428 g/mol. The third kappa shape index (κ3) is 6.00. The van der Waals surface area contributed by atoms with Crippen LogP contribution in [0.3, 0.4) is 0 Å². The second-order valence-corrected chi connectivity index (χ2v) is 8.55. The number of piperazine rings is 1. The first-order valence-corrected chi connectivity index (χ1v) is 11.1. The first kappa shape index (κ1) is 24.0. The first-order chi connectivity index (χ1) is 15.3. The summed E-state index contributed by atoms with van der Waals surface area (Å²) in [6.45, 7) is 9.11. The summed E-state index contributed by atoms with van der Waals surface area (Å²) in [6, 6.07) is 10.7. The summed E-state index contributed by atoms with van der Waals surface area (Å²) < 4.78 is 5.30. The molecule has 3 rings (SSSR count). The minimum absolute atomic E-state index is 0.0222. The highest BCUT2D eigenvalue weighted by Crippen LogP contribution is 2.28. The average Bonchev–Trinajstić information content (AvgIpc) is 2.77. The molecule has 0 aromatic heterocycles. The number of halogens is 1. The molecule has 1 aliphatic heterocycles. The fourth-order valence-electron chi connectivity index (χ4n) is 3.77. The van der Waals surface area contributed by atoms with Crippen LogP contribution in [-0.4, -0.2) is 67.5 Å². The molecule has 0 radical (unpaired) electrons. The number of methoxy groups -OCH3 is 1. The molecule has 32 heavy (non-hydrogen) atoms. The van der Waals surface area contributed by atoms with Gasteiger partial charge >= 0.3 is 0 Å². The maximum absolute atomic E-state index is 12.8. The number of benzene rings is 2. The molecule has 1 saturated heterocycles. The van der Waals surface area contributed by atoms with Crippen molar-refractivity contribution in [3.63, 3.8) is 0 Å². The van der Waals surface area contributed by atoms with Gasteiger partial charge in [-0.15, -0.1) is 0 Å². The van der Waals surface area contributed by atoms with Gasteiger partial charge in [0.05, 0.1) is 25.4 Å². The van der Waals surface area contributed by atoms with Crippen molar-refractivity contribution in [3.8, 4) is 5.75 Å². The molecule has 1 fully saturated rings. The minimum Gasteiger partial charge on any atom is -0.495 e. The fraction of sp³-hybridized carbons (Fsp3) is 0.417. The van der Waals surface area contributed by atoms with Crippen LogP contribution < -0.4 is 15.4 Å². The summed E-state index contributed by atoms with van der Waals surface area (Å²) in [6.07, 6.45) is 0. The van der Waals surface area contributed by atoms with E-state index in [9.17, 15) is 9.59 Å². The van der Waals surface area contributed by atoms with Crippen LogP contribution in [-0.2, 0) is 9.59 Å². The van der Waals surface area contributed by atoms with Crippen LogP contribution in [0.2, 0.25) is 5.02 Å². The highest BCUT2D eigenvalue weighted by molar-refractivity contribution is 6.31. The summed E-state index contributed by atoms with van der Waals surface area (Å²) in [5, 5.41) is 6.45. The fourth-order valence-corrected chi connectivity index (χ4v) is 3.94. The summed E-state index contributed by atoms with van der Waals surface area (Å²) in [7, 11) is 1.55. The van der Waals surface area contributed by atoms with Crippen molar-refractivity contribution >= 4 is 34.8 Å². The number of nitrogens with one attached hydrogen (secondary N) is 2. The Balaban J connectivity index is 1.49. The molecule has 1 aliphatic rings. The standard InChI is InChI=1S/C24H31ClN4O3/c1-16-6-5-7-20(17(16)2)26-23(30)15-28-10-12-29(13-11-28)18(3)24(31)27-21-14-19(25)8-9-22(21)32-4/h5-9,14,18H,10-13,15H2,1-4H3,(H,26,30)(H,27,31). The van der Waals surface area contributed by atoms with Gasteiger partial charge in [0.25, 0.3) is 0 Å². The van der Waals surface area contributed by atoms with E-state index in [-0.39, 0.29) is 17.9 Å². The van der Waals surface area contributed by atoms with Crippen LogP contribution in [0, 0.1) is 13.8 Å². The quantitative estimate of drug-likeness (QED) is 0.663. The topological polar surface area (TPSA) is 73.9 Å². The molecular formula is C24H31ClN4O3. The molecule has 172 valence electrons. The number of hydrogen-bond donors (Lipinski definition) is 2. The van der Waals surface area contributed by atoms with Crippen LogP contribution in [0.25, 0.3) is 0 Å². The number of amides is 2. The lowest BCUT2D eigenvalue weighted by Gasteiger charge is -2.37. The molecule has 2 N–H and O–H groups in total.